The summed E-state index contributed by atoms with van der Waals surface area (Å²) >= 11 is 0. The van der Waals surface area contributed by atoms with Crippen molar-refractivity contribution in [3.8, 4) is 0 Å². The van der Waals surface area contributed by atoms with Gasteiger partial charge in [-0.1, -0.05) is 55.8 Å². The maximum absolute atomic E-state index is 5.98. The molecule has 2 N–H and O–H groups in total. The monoisotopic (exact) mass is 256 g/mol. The summed E-state index contributed by atoms with van der Waals surface area (Å²) in [4.78, 5) is 2.29. The fraction of sp³-hybridized carbons (Fsp3) is 0.412. The molecule has 2 atom stereocenters. The van der Waals surface area contributed by atoms with Gasteiger partial charge in [0.15, 0.2) is 0 Å². The Morgan fingerprint density at radius 3 is 2.37 bits per heavy atom. The minimum atomic E-state index is 0.376. The Hall–Kier alpha value is -1.38. The van der Waals surface area contributed by atoms with Crippen LogP contribution < -0.4 is 5.73 Å². The maximum Gasteiger partial charge on any atom is 0.0388 e. The van der Waals surface area contributed by atoms with Gasteiger partial charge in [0.2, 0.25) is 0 Å². The predicted octanol–water partition coefficient (Wildman–Crippen LogP) is 3.43. The minimum Gasteiger partial charge on any atom is -0.330 e. The molecular formula is C17H24N2. The molecule has 0 saturated heterocycles. The number of benzene rings is 2. The molecule has 0 saturated carbocycles. The molecule has 2 aromatic rings. The van der Waals surface area contributed by atoms with Gasteiger partial charge in [0.25, 0.3) is 0 Å². The summed E-state index contributed by atoms with van der Waals surface area (Å²) in [6.45, 7) is 2.95. The fourth-order valence-electron chi connectivity index (χ4n) is 2.98. The zero-order chi connectivity index (χ0) is 13.8. The van der Waals surface area contributed by atoms with Crippen LogP contribution in [-0.2, 0) is 0 Å². The largest absolute Gasteiger partial charge is 0.330 e. The molecular weight excluding hydrogens is 232 g/mol. The third-order valence-electron chi connectivity index (χ3n) is 3.97. The van der Waals surface area contributed by atoms with Crippen LogP contribution in [0.2, 0.25) is 0 Å². The molecule has 102 valence electrons. The molecule has 0 spiro atoms. The van der Waals surface area contributed by atoms with Gasteiger partial charge in [-0.05, 0) is 42.9 Å². The van der Waals surface area contributed by atoms with Gasteiger partial charge in [-0.15, -0.1) is 0 Å². The smallest absolute Gasteiger partial charge is 0.0388 e. The Morgan fingerprint density at radius 1 is 1.05 bits per heavy atom. The quantitative estimate of drug-likeness (QED) is 0.888. The second-order valence-corrected chi connectivity index (χ2v) is 5.38. The zero-order valence-corrected chi connectivity index (χ0v) is 12.1. The summed E-state index contributed by atoms with van der Waals surface area (Å²) in [6.07, 6.45) is 1.10. The van der Waals surface area contributed by atoms with Crippen LogP contribution in [0, 0.1) is 5.92 Å². The Bertz CT molecular complexity index is 524. The minimum absolute atomic E-state index is 0.376. The van der Waals surface area contributed by atoms with Gasteiger partial charge >= 0.3 is 0 Å². The van der Waals surface area contributed by atoms with Crippen LogP contribution in [0.4, 0.5) is 0 Å². The highest BCUT2D eigenvalue weighted by Gasteiger charge is 2.24. The van der Waals surface area contributed by atoms with Crippen molar-refractivity contribution in [2.24, 2.45) is 11.7 Å². The molecule has 0 bridgehead atoms. The van der Waals surface area contributed by atoms with Crippen LogP contribution in [0.3, 0.4) is 0 Å². The predicted molar refractivity (Wildman–Crippen MR) is 83.2 cm³/mol. The molecule has 2 heteroatoms. The number of fused-ring (bicyclic) bond motifs is 1. The summed E-state index contributed by atoms with van der Waals surface area (Å²) in [5.41, 5.74) is 7.37. The highest BCUT2D eigenvalue weighted by molar-refractivity contribution is 5.86. The first-order valence-electron chi connectivity index (χ1n) is 7.03. The number of nitrogens with two attached hydrogens (primary N) is 1. The van der Waals surface area contributed by atoms with Crippen LogP contribution in [-0.4, -0.2) is 25.5 Å². The molecule has 19 heavy (non-hydrogen) atoms. The van der Waals surface area contributed by atoms with Crippen molar-refractivity contribution in [2.45, 2.75) is 19.4 Å². The van der Waals surface area contributed by atoms with E-state index in [2.05, 4.69) is 68.4 Å². The molecule has 2 unspecified atom stereocenters. The molecule has 0 radical (unpaired) electrons. The molecule has 0 aliphatic heterocycles. The summed E-state index contributed by atoms with van der Waals surface area (Å²) in [6, 6.07) is 15.5. The number of rotatable bonds is 5. The standard InChI is InChI=1S/C17H24N2/c1-4-13(12-18)17(19(2)3)16-11-7-9-14-8-5-6-10-15(14)16/h5-11,13,17H,4,12,18H2,1-3H3. The lowest BCUT2D eigenvalue weighted by Gasteiger charge is -2.32. The highest BCUT2D eigenvalue weighted by Crippen LogP contribution is 2.33. The highest BCUT2D eigenvalue weighted by atomic mass is 15.1. The van der Waals surface area contributed by atoms with Gasteiger partial charge in [0.1, 0.15) is 0 Å². The number of nitrogens with zero attached hydrogens (tertiary/aromatic N) is 1. The molecule has 0 amide bonds. The Balaban J connectivity index is 2.56. The van der Waals surface area contributed by atoms with Crippen LogP contribution in [0.25, 0.3) is 10.8 Å². The lowest BCUT2D eigenvalue weighted by molar-refractivity contribution is 0.212. The molecule has 0 heterocycles. The summed E-state index contributed by atoms with van der Waals surface area (Å²) in [5, 5.41) is 2.65. The Labute approximate surface area is 116 Å². The van der Waals surface area contributed by atoms with Gasteiger partial charge in [-0.2, -0.15) is 0 Å². The van der Waals surface area contributed by atoms with E-state index in [1.807, 2.05) is 0 Å². The van der Waals surface area contributed by atoms with E-state index >= 15 is 0 Å². The normalized spacial score (nSPS) is 14.8. The van der Waals surface area contributed by atoms with E-state index in [4.69, 9.17) is 5.73 Å². The summed E-state index contributed by atoms with van der Waals surface area (Å²) in [5.74, 6) is 0.487. The lowest BCUT2D eigenvalue weighted by atomic mass is 9.87. The summed E-state index contributed by atoms with van der Waals surface area (Å²) in [7, 11) is 4.29. The maximum atomic E-state index is 5.98. The van der Waals surface area contributed by atoms with E-state index in [9.17, 15) is 0 Å². The van der Waals surface area contributed by atoms with Crippen molar-refractivity contribution < 1.29 is 0 Å². The fourth-order valence-corrected chi connectivity index (χ4v) is 2.98. The van der Waals surface area contributed by atoms with E-state index < -0.39 is 0 Å². The molecule has 0 aliphatic rings. The van der Waals surface area contributed by atoms with Gasteiger partial charge in [-0.3, -0.25) is 0 Å². The van der Waals surface area contributed by atoms with Crippen molar-refractivity contribution in [1.82, 2.24) is 4.90 Å². The third kappa shape index (κ3) is 2.80. The summed E-state index contributed by atoms with van der Waals surface area (Å²) < 4.78 is 0. The van der Waals surface area contributed by atoms with Crippen molar-refractivity contribution >= 4 is 10.8 Å². The van der Waals surface area contributed by atoms with Gasteiger partial charge in [0.05, 0.1) is 0 Å². The first-order valence-corrected chi connectivity index (χ1v) is 7.03. The molecule has 0 fully saturated rings. The number of hydrogen-bond donors (Lipinski definition) is 1. The molecule has 2 rings (SSSR count). The van der Waals surface area contributed by atoms with E-state index in [0.29, 0.717) is 12.0 Å². The first kappa shape index (κ1) is 14.0. The van der Waals surface area contributed by atoms with Crippen LogP contribution in [0.15, 0.2) is 42.5 Å². The van der Waals surface area contributed by atoms with Crippen molar-refractivity contribution in [3.63, 3.8) is 0 Å². The van der Waals surface area contributed by atoms with E-state index in [1.165, 1.54) is 16.3 Å². The Kier molecular flexibility index (Phi) is 4.56. The van der Waals surface area contributed by atoms with E-state index in [1.54, 1.807) is 0 Å². The molecule has 0 aliphatic carbocycles. The second-order valence-electron chi connectivity index (χ2n) is 5.38. The Morgan fingerprint density at radius 2 is 1.74 bits per heavy atom. The lowest BCUT2D eigenvalue weighted by Crippen LogP contribution is -2.31. The molecule has 2 aromatic carbocycles. The average molecular weight is 256 g/mol. The van der Waals surface area contributed by atoms with Crippen molar-refractivity contribution in [1.29, 1.82) is 0 Å². The topological polar surface area (TPSA) is 29.3 Å². The second kappa shape index (κ2) is 6.18. The van der Waals surface area contributed by atoms with Gasteiger partial charge in [-0.25, -0.2) is 0 Å². The molecule has 2 nitrogen and oxygen atoms in total. The van der Waals surface area contributed by atoms with Gasteiger partial charge in [0, 0.05) is 6.04 Å². The van der Waals surface area contributed by atoms with Crippen LogP contribution in [0.1, 0.15) is 24.9 Å². The van der Waals surface area contributed by atoms with Crippen molar-refractivity contribution in [2.75, 3.05) is 20.6 Å². The SMILES string of the molecule is CCC(CN)C(c1cccc2ccccc12)N(C)C. The zero-order valence-electron chi connectivity index (χ0n) is 12.1. The van der Waals surface area contributed by atoms with Crippen molar-refractivity contribution in [3.05, 3.63) is 48.0 Å². The van der Waals surface area contributed by atoms with E-state index in [0.717, 1.165) is 13.0 Å². The van der Waals surface area contributed by atoms with Crippen LogP contribution in [0.5, 0.6) is 0 Å². The molecule has 0 aromatic heterocycles. The number of hydrogen-bond acceptors (Lipinski definition) is 2. The first-order chi connectivity index (χ1) is 9.19. The van der Waals surface area contributed by atoms with Gasteiger partial charge < -0.3 is 10.6 Å². The van der Waals surface area contributed by atoms with E-state index in [-0.39, 0.29) is 0 Å². The van der Waals surface area contributed by atoms with Crippen LogP contribution >= 0.6 is 0 Å². The average Bonchev–Trinajstić information content (AvgIpc) is 2.44. The third-order valence-corrected chi connectivity index (χ3v) is 3.97.